The van der Waals surface area contributed by atoms with Crippen LogP contribution < -0.4 is 0 Å². The van der Waals surface area contributed by atoms with Crippen molar-refractivity contribution in [2.45, 2.75) is 19.4 Å². The van der Waals surface area contributed by atoms with Gasteiger partial charge < -0.3 is 19.8 Å². The van der Waals surface area contributed by atoms with E-state index in [1.165, 1.54) is 24.5 Å². The summed E-state index contributed by atoms with van der Waals surface area (Å²) in [6.45, 7) is 3.12. The molecular formula is C30H28N4O3. The molecule has 0 spiro atoms. The number of carboxylic acid groups (broad SMARTS) is 1. The number of H-pyrrole nitrogens is 1. The molecular weight excluding hydrogens is 464 g/mol. The number of aromatic carboxylic acids is 1. The average Bonchev–Trinajstić information content (AvgIpc) is 3.61. The molecule has 1 aliphatic rings. The molecule has 186 valence electrons. The number of rotatable bonds is 6. The van der Waals surface area contributed by atoms with Gasteiger partial charge in [-0.3, -0.25) is 4.90 Å². The normalized spacial score (nSPS) is 14.7. The van der Waals surface area contributed by atoms with Crippen molar-refractivity contribution >= 4 is 39.2 Å². The van der Waals surface area contributed by atoms with Crippen molar-refractivity contribution in [3.8, 4) is 5.88 Å². The van der Waals surface area contributed by atoms with Crippen LogP contribution >= 0.6 is 0 Å². The van der Waals surface area contributed by atoms with Gasteiger partial charge in [0, 0.05) is 47.2 Å². The van der Waals surface area contributed by atoms with Crippen LogP contribution in [0, 0.1) is 0 Å². The van der Waals surface area contributed by atoms with Crippen molar-refractivity contribution in [1.82, 2.24) is 14.5 Å². The van der Waals surface area contributed by atoms with E-state index in [9.17, 15) is 15.0 Å². The number of benzene rings is 3. The molecule has 3 N–H and O–H groups in total. The predicted octanol–water partition coefficient (Wildman–Crippen LogP) is 5.83. The first-order valence-corrected chi connectivity index (χ1v) is 12.5. The Balaban J connectivity index is 1.53. The number of hydrogen-bond acceptors (Lipinski definition) is 4. The second-order valence-electron chi connectivity index (χ2n) is 9.73. The number of aryl methyl sites for hydroxylation is 1. The number of nitrogens with zero attached hydrogens (tertiary/aromatic N) is 3. The van der Waals surface area contributed by atoms with Crippen molar-refractivity contribution in [3.63, 3.8) is 0 Å². The maximum Gasteiger partial charge on any atom is 0.335 e. The summed E-state index contributed by atoms with van der Waals surface area (Å²) in [6.07, 6.45) is 4.49. The maximum absolute atomic E-state index is 11.7. The van der Waals surface area contributed by atoms with E-state index in [-0.39, 0.29) is 11.4 Å². The van der Waals surface area contributed by atoms with Crippen LogP contribution in [0.1, 0.15) is 39.9 Å². The van der Waals surface area contributed by atoms with E-state index >= 15 is 0 Å². The van der Waals surface area contributed by atoms with E-state index in [2.05, 4.69) is 32.7 Å². The zero-order chi connectivity index (χ0) is 25.5. The van der Waals surface area contributed by atoms with Crippen LogP contribution in [0.15, 0.2) is 77.9 Å². The van der Waals surface area contributed by atoms with E-state index < -0.39 is 5.97 Å². The fourth-order valence-corrected chi connectivity index (χ4v) is 5.30. The number of aromatic hydroxyl groups is 1. The minimum absolute atomic E-state index is 0.0438. The molecule has 5 aromatic rings. The van der Waals surface area contributed by atoms with Gasteiger partial charge in [-0.15, -0.1) is 0 Å². The van der Waals surface area contributed by atoms with Gasteiger partial charge in [0.15, 0.2) is 5.88 Å². The zero-order valence-electron chi connectivity index (χ0n) is 20.6. The van der Waals surface area contributed by atoms with Gasteiger partial charge in [0.25, 0.3) is 0 Å². The fraction of sp³-hybridized carbons (Fsp3) is 0.200. The van der Waals surface area contributed by atoms with E-state index in [4.69, 9.17) is 4.99 Å². The predicted molar refractivity (Wildman–Crippen MR) is 146 cm³/mol. The summed E-state index contributed by atoms with van der Waals surface area (Å²) in [4.78, 5) is 22.2. The van der Waals surface area contributed by atoms with Crippen molar-refractivity contribution in [2.75, 3.05) is 13.1 Å². The van der Waals surface area contributed by atoms with Crippen molar-refractivity contribution in [2.24, 2.45) is 12.0 Å². The molecule has 37 heavy (non-hydrogen) atoms. The minimum atomic E-state index is -1.02. The quantitative estimate of drug-likeness (QED) is 0.260. The number of nitrogens with one attached hydrogen (secondary N) is 1. The van der Waals surface area contributed by atoms with Gasteiger partial charge in [-0.2, -0.15) is 0 Å². The van der Waals surface area contributed by atoms with Crippen molar-refractivity contribution in [3.05, 3.63) is 95.2 Å². The molecule has 0 atom stereocenters. The van der Waals surface area contributed by atoms with E-state index in [0.717, 1.165) is 41.8 Å². The number of hydrogen-bond donors (Lipinski definition) is 3. The van der Waals surface area contributed by atoms with Gasteiger partial charge >= 0.3 is 5.97 Å². The van der Waals surface area contributed by atoms with Gasteiger partial charge in [-0.05, 0) is 80.0 Å². The molecule has 6 rings (SSSR count). The highest BCUT2D eigenvalue weighted by Gasteiger charge is 2.21. The van der Waals surface area contributed by atoms with Gasteiger partial charge in [0.2, 0.25) is 0 Å². The Morgan fingerprint density at radius 2 is 1.81 bits per heavy atom. The average molecular weight is 493 g/mol. The summed E-state index contributed by atoms with van der Waals surface area (Å²) in [5.41, 5.74) is 5.76. The lowest BCUT2D eigenvalue weighted by Gasteiger charge is -2.15. The monoisotopic (exact) mass is 492 g/mol. The molecule has 2 aromatic heterocycles. The molecule has 3 aromatic carbocycles. The third kappa shape index (κ3) is 4.38. The molecule has 3 heterocycles. The topological polar surface area (TPSA) is 93.9 Å². The van der Waals surface area contributed by atoms with E-state index in [1.54, 1.807) is 12.1 Å². The smallest absolute Gasteiger partial charge is 0.335 e. The third-order valence-corrected chi connectivity index (χ3v) is 7.18. The molecule has 0 radical (unpaired) electrons. The molecule has 0 saturated carbocycles. The van der Waals surface area contributed by atoms with Crippen molar-refractivity contribution in [1.29, 1.82) is 0 Å². The lowest BCUT2D eigenvalue weighted by molar-refractivity contribution is 0.0697. The van der Waals surface area contributed by atoms with Crippen LogP contribution in [0.5, 0.6) is 5.88 Å². The van der Waals surface area contributed by atoms with Crippen LogP contribution in [0.2, 0.25) is 0 Å². The Bertz CT molecular complexity index is 1670. The van der Waals surface area contributed by atoms with Crippen LogP contribution in [0.25, 0.3) is 21.8 Å². The second kappa shape index (κ2) is 9.26. The molecule has 7 heteroatoms. The van der Waals surface area contributed by atoms with Gasteiger partial charge in [0.05, 0.1) is 22.5 Å². The van der Waals surface area contributed by atoms with Crippen LogP contribution in [-0.2, 0) is 13.6 Å². The van der Waals surface area contributed by atoms with Crippen LogP contribution in [0.3, 0.4) is 0 Å². The minimum Gasteiger partial charge on any atom is -0.494 e. The Kier molecular flexibility index (Phi) is 5.77. The molecule has 7 nitrogen and oxygen atoms in total. The largest absolute Gasteiger partial charge is 0.494 e. The lowest BCUT2D eigenvalue weighted by Crippen LogP contribution is -2.18. The Labute approximate surface area is 214 Å². The third-order valence-electron chi connectivity index (χ3n) is 7.18. The van der Waals surface area contributed by atoms with Gasteiger partial charge in [-0.1, -0.05) is 18.2 Å². The Morgan fingerprint density at radius 1 is 1.00 bits per heavy atom. The number of aliphatic imine (C=N–C) groups is 1. The molecule has 0 bridgehead atoms. The maximum atomic E-state index is 11.7. The number of carboxylic acids is 1. The first kappa shape index (κ1) is 23.1. The molecule has 1 aliphatic heterocycles. The molecule has 1 saturated heterocycles. The van der Waals surface area contributed by atoms with Crippen LogP contribution in [0.4, 0.5) is 5.69 Å². The van der Waals surface area contributed by atoms with Gasteiger partial charge in [0.1, 0.15) is 0 Å². The van der Waals surface area contributed by atoms with Crippen LogP contribution in [-0.4, -0.2) is 49.4 Å². The number of carbonyl (C=O) groups is 1. The highest BCUT2D eigenvalue weighted by molar-refractivity contribution is 6.23. The summed E-state index contributed by atoms with van der Waals surface area (Å²) < 4.78 is 2.06. The summed E-state index contributed by atoms with van der Waals surface area (Å²) in [7, 11) is 2.00. The number of fused-ring (bicyclic) bond motifs is 2. The Morgan fingerprint density at radius 3 is 2.62 bits per heavy atom. The SMILES string of the molecule is Cn1ccc2cc(C(=Nc3cccc(CN4CCCC4)c3)c3c(O)[nH]c4ccc(C(=O)O)cc34)ccc21. The first-order chi connectivity index (χ1) is 18.0. The lowest BCUT2D eigenvalue weighted by atomic mass is 9.98. The summed E-state index contributed by atoms with van der Waals surface area (Å²) in [5, 5.41) is 22.3. The highest BCUT2D eigenvalue weighted by atomic mass is 16.4. The van der Waals surface area contributed by atoms with E-state index in [1.807, 2.05) is 43.6 Å². The first-order valence-electron chi connectivity index (χ1n) is 12.5. The molecule has 0 amide bonds. The number of aromatic nitrogens is 2. The number of aromatic amines is 1. The highest BCUT2D eigenvalue weighted by Crippen LogP contribution is 2.33. The summed E-state index contributed by atoms with van der Waals surface area (Å²) in [6, 6.07) is 21.1. The second-order valence-corrected chi connectivity index (χ2v) is 9.73. The molecule has 0 aliphatic carbocycles. The molecule has 1 fully saturated rings. The Hall–Kier alpha value is -4.36. The summed E-state index contributed by atoms with van der Waals surface area (Å²) in [5.74, 6) is -1.06. The fourth-order valence-electron chi connectivity index (χ4n) is 5.30. The van der Waals surface area contributed by atoms with E-state index in [0.29, 0.717) is 22.2 Å². The number of likely N-dealkylation sites (tertiary alicyclic amines) is 1. The zero-order valence-corrected chi connectivity index (χ0v) is 20.6. The molecule has 0 unspecified atom stereocenters. The van der Waals surface area contributed by atoms with Crippen molar-refractivity contribution < 1.29 is 15.0 Å². The van der Waals surface area contributed by atoms with Gasteiger partial charge in [-0.25, -0.2) is 9.79 Å². The summed E-state index contributed by atoms with van der Waals surface area (Å²) >= 11 is 0. The standard InChI is InChI=1S/C30H28N4O3/c1-33-14-11-20-16-21(8-10-26(20)33)28(27-24-17-22(30(36)37)7-9-25(24)32-29(27)35)31-23-6-4-5-19(15-23)18-34-12-2-3-13-34/h4-11,14-17,32,35H,2-3,12-13,18H2,1H3,(H,36,37).